The molecular formula is C16H19Cl2NO3. The van der Waals surface area contributed by atoms with Crippen molar-refractivity contribution >= 4 is 35.1 Å². The summed E-state index contributed by atoms with van der Waals surface area (Å²) in [5.41, 5.74) is 0.655. The molecule has 1 aromatic carbocycles. The second-order valence-electron chi connectivity index (χ2n) is 5.53. The first-order chi connectivity index (χ1) is 10.5. The molecule has 1 amide bonds. The number of hydrogen-bond donors (Lipinski definition) is 1. The van der Waals surface area contributed by atoms with Gasteiger partial charge in [-0.1, -0.05) is 42.6 Å². The first-order valence-electron chi connectivity index (χ1n) is 7.43. The SMILES string of the molecule is CCCCN1C(=O)CCC(C(=O)O)C1c1ccc(Cl)cc1Cl. The summed E-state index contributed by atoms with van der Waals surface area (Å²) in [6, 6.07) is 4.46. The van der Waals surface area contributed by atoms with Crippen LogP contribution in [0.15, 0.2) is 18.2 Å². The van der Waals surface area contributed by atoms with Crippen molar-refractivity contribution in [1.82, 2.24) is 4.90 Å². The van der Waals surface area contributed by atoms with Crippen LogP contribution in [-0.2, 0) is 9.59 Å². The van der Waals surface area contributed by atoms with Crippen LogP contribution in [-0.4, -0.2) is 28.4 Å². The molecule has 0 aliphatic carbocycles. The third-order valence-corrected chi connectivity index (χ3v) is 4.62. The molecule has 0 bridgehead atoms. The summed E-state index contributed by atoms with van der Waals surface area (Å²) in [6.45, 7) is 2.58. The van der Waals surface area contributed by atoms with Gasteiger partial charge in [-0.2, -0.15) is 0 Å². The summed E-state index contributed by atoms with van der Waals surface area (Å²) < 4.78 is 0. The summed E-state index contributed by atoms with van der Waals surface area (Å²) >= 11 is 12.2. The first-order valence-corrected chi connectivity index (χ1v) is 8.18. The Hall–Kier alpha value is -1.26. The largest absolute Gasteiger partial charge is 0.481 e. The number of halogens is 2. The number of hydrogen-bond acceptors (Lipinski definition) is 2. The Balaban J connectivity index is 2.44. The maximum atomic E-state index is 12.3. The average molecular weight is 344 g/mol. The van der Waals surface area contributed by atoms with E-state index in [1.54, 1.807) is 23.1 Å². The second-order valence-corrected chi connectivity index (χ2v) is 6.38. The molecule has 0 saturated carbocycles. The van der Waals surface area contributed by atoms with E-state index < -0.39 is 17.9 Å². The van der Waals surface area contributed by atoms with Crippen molar-refractivity contribution in [1.29, 1.82) is 0 Å². The smallest absolute Gasteiger partial charge is 0.308 e. The number of carbonyl (C=O) groups excluding carboxylic acids is 1. The molecule has 2 rings (SSSR count). The number of aliphatic carboxylic acids is 1. The van der Waals surface area contributed by atoms with Crippen molar-refractivity contribution in [3.8, 4) is 0 Å². The molecule has 4 nitrogen and oxygen atoms in total. The highest BCUT2D eigenvalue weighted by Gasteiger charge is 2.41. The van der Waals surface area contributed by atoms with E-state index in [2.05, 4.69) is 0 Å². The van der Waals surface area contributed by atoms with E-state index in [1.165, 1.54) is 0 Å². The molecule has 1 saturated heterocycles. The van der Waals surface area contributed by atoms with Crippen molar-refractivity contribution < 1.29 is 14.7 Å². The Labute approximate surface area is 140 Å². The van der Waals surface area contributed by atoms with E-state index in [9.17, 15) is 14.7 Å². The van der Waals surface area contributed by atoms with Crippen LogP contribution < -0.4 is 0 Å². The van der Waals surface area contributed by atoms with Crippen molar-refractivity contribution in [2.45, 2.75) is 38.6 Å². The van der Waals surface area contributed by atoms with Crippen LogP contribution in [0.2, 0.25) is 10.0 Å². The van der Waals surface area contributed by atoms with Gasteiger partial charge in [0.2, 0.25) is 5.91 Å². The number of carboxylic acid groups (broad SMARTS) is 1. The predicted molar refractivity (Wildman–Crippen MR) is 86.2 cm³/mol. The zero-order valence-electron chi connectivity index (χ0n) is 12.4. The van der Waals surface area contributed by atoms with Gasteiger partial charge in [0, 0.05) is 23.0 Å². The Morgan fingerprint density at radius 2 is 2.14 bits per heavy atom. The molecule has 22 heavy (non-hydrogen) atoms. The van der Waals surface area contributed by atoms with Crippen LogP contribution >= 0.6 is 23.2 Å². The third kappa shape index (κ3) is 3.55. The fourth-order valence-electron chi connectivity index (χ4n) is 2.93. The molecule has 2 atom stereocenters. The maximum Gasteiger partial charge on any atom is 0.308 e. The van der Waals surface area contributed by atoms with Crippen LogP contribution in [0.1, 0.15) is 44.2 Å². The number of carbonyl (C=O) groups is 2. The molecule has 6 heteroatoms. The summed E-state index contributed by atoms with van der Waals surface area (Å²) in [7, 11) is 0. The Kier molecular flexibility index (Phi) is 5.70. The van der Waals surface area contributed by atoms with Gasteiger partial charge in [-0.05, 0) is 30.5 Å². The Morgan fingerprint density at radius 1 is 1.41 bits per heavy atom. The fraction of sp³-hybridized carbons (Fsp3) is 0.500. The van der Waals surface area contributed by atoms with Gasteiger partial charge < -0.3 is 10.0 Å². The maximum absolute atomic E-state index is 12.3. The van der Waals surface area contributed by atoms with Gasteiger partial charge in [0.05, 0.1) is 12.0 Å². The normalized spacial score (nSPS) is 22.0. The lowest BCUT2D eigenvalue weighted by molar-refractivity contribution is -0.152. The quantitative estimate of drug-likeness (QED) is 0.873. The predicted octanol–water partition coefficient (Wildman–Crippen LogP) is 4.16. The minimum Gasteiger partial charge on any atom is -0.481 e. The molecule has 1 aliphatic rings. The highest BCUT2D eigenvalue weighted by molar-refractivity contribution is 6.35. The number of benzene rings is 1. The van der Waals surface area contributed by atoms with Gasteiger partial charge in [0.15, 0.2) is 0 Å². The molecule has 0 spiro atoms. The average Bonchev–Trinajstić information content (AvgIpc) is 2.45. The Bertz CT molecular complexity index is 577. The van der Waals surface area contributed by atoms with Crippen LogP contribution in [0.4, 0.5) is 0 Å². The van der Waals surface area contributed by atoms with Gasteiger partial charge in [-0.15, -0.1) is 0 Å². The molecule has 1 heterocycles. The highest BCUT2D eigenvalue weighted by Crippen LogP contribution is 2.40. The lowest BCUT2D eigenvalue weighted by atomic mass is 9.84. The van der Waals surface area contributed by atoms with E-state index in [0.29, 0.717) is 28.6 Å². The number of likely N-dealkylation sites (tertiary alicyclic amines) is 1. The lowest BCUT2D eigenvalue weighted by Gasteiger charge is -2.40. The monoisotopic (exact) mass is 343 g/mol. The molecule has 1 aliphatic heterocycles. The van der Waals surface area contributed by atoms with Crippen molar-refractivity contribution in [2.75, 3.05) is 6.54 Å². The number of amides is 1. The van der Waals surface area contributed by atoms with Gasteiger partial charge in [-0.25, -0.2) is 0 Å². The zero-order valence-corrected chi connectivity index (χ0v) is 13.9. The van der Waals surface area contributed by atoms with Gasteiger partial charge in [-0.3, -0.25) is 9.59 Å². The molecule has 1 aromatic rings. The molecule has 0 radical (unpaired) electrons. The second kappa shape index (κ2) is 7.34. The molecular weight excluding hydrogens is 325 g/mol. The van der Waals surface area contributed by atoms with Gasteiger partial charge in [0.1, 0.15) is 0 Å². The summed E-state index contributed by atoms with van der Waals surface area (Å²) in [6.07, 6.45) is 2.37. The van der Waals surface area contributed by atoms with Crippen molar-refractivity contribution in [2.24, 2.45) is 5.92 Å². The molecule has 2 unspecified atom stereocenters. The molecule has 1 N–H and O–H groups in total. The van der Waals surface area contributed by atoms with Crippen LogP contribution in [0, 0.1) is 5.92 Å². The van der Waals surface area contributed by atoms with E-state index in [1.807, 2.05) is 6.92 Å². The summed E-state index contributed by atoms with van der Waals surface area (Å²) in [4.78, 5) is 25.6. The van der Waals surface area contributed by atoms with Gasteiger partial charge >= 0.3 is 5.97 Å². The lowest BCUT2D eigenvalue weighted by Crippen LogP contribution is -2.45. The molecule has 1 fully saturated rings. The van der Waals surface area contributed by atoms with E-state index in [4.69, 9.17) is 23.2 Å². The minimum absolute atomic E-state index is 0.0121. The Morgan fingerprint density at radius 3 is 2.73 bits per heavy atom. The van der Waals surface area contributed by atoms with E-state index >= 15 is 0 Å². The number of rotatable bonds is 5. The van der Waals surface area contributed by atoms with E-state index in [-0.39, 0.29) is 12.3 Å². The fourth-order valence-corrected chi connectivity index (χ4v) is 3.45. The highest BCUT2D eigenvalue weighted by atomic mass is 35.5. The van der Waals surface area contributed by atoms with Crippen LogP contribution in [0.25, 0.3) is 0 Å². The van der Waals surface area contributed by atoms with Crippen LogP contribution in [0.3, 0.4) is 0 Å². The number of nitrogens with zero attached hydrogens (tertiary/aromatic N) is 1. The summed E-state index contributed by atoms with van der Waals surface area (Å²) in [5.74, 6) is -1.56. The first kappa shape index (κ1) is 17.1. The number of piperidine rings is 1. The topological polar surface area (TPSA) is 57.6 Å². The number of carboxylic acids is 1. The molecule has 0 aromatic heterocycles. The standard InChI is InChI=1S/C16H19Cl2NO3/c1-2-3-8-19-14(20)7-6-12(16(21)22)15(19)11-5-4-10(17)9-13(11)18/h4-5,9,12,15H,2-3,6-8H2,1H3,(H,21,22). The number of unbranched alkanes of at least 4 members (excludes halogenated alkanes) is 1. The minimum atomic E-state index is -0.898. The zero-order chi connectivity index (χ0) is 16.3. The molecule has 120 valence electrons. The van der Waals surface area contributed by atoms with E-state index in [0.717, 1.165) is 12.8 Å². The third-order valence-electron chi connectivity index (χ3n) is 4.06. The summed E-state index contributed by atoms with van der Waals surface area (Å²) in [5, 5.41) is 10.4. The van der Waals surface area contributed by atoms with Crippen molar-refractivity contribution in [3.63, 3.8) is 0 Å². The van der Waals surface area contributed by atoms with Crippen LogP contribution in [0.5, 0.6) is 0 Å². The van der Waals surface area contributed by atoms with Gasteiger partial charge in [0.25, 0.3) is 0 Å². The van der Waals surface area contributed by atoms with Crippen molar-refractivity contribution in [3.05, 3.63) is 33.8 Å².